The van der Waals surface area contributed by atoms with E-state index in [-0.39, 0.29) is 0 Å². The largest absolute Gasteiger partial charge is 0.480 e. The third kappa shape index (κ3) is 2.88. The Morgan fingerprint density at radius 1 is 1.79 bits per heavy atom. The normalized spacial score (nSPS) is 13.6. The van der Waals surface area contributed by atoms with Gasteiger partial charge in [0.25, 0.3) is 0 Å². The van der Waals surface area contributed by atoms with Crippen molar-refractivity contribution in [2.45, 2.75) is 24.6 Å². The summed E-state index contributed by atoms with van der Waals surface area (Å²) in [5.41, 5.74) is 0. The zero-order valence-corrected chi connectivity index (χ0v) is 9.60. The molecule has 1 aromatic heterocycles. The van der Waals surface area contributed by atoms with Crippen LogP contribution in [0.25, 0.3) is 0 Å². The molecule has 4 nitrogen and oxygen atoms in total. The van der Waals surface area contributed by atoms with Crippen molar-refractivity contribution in [3.63, 3.8) is 0 Å². The fourth-order valence-corrected chi connectivity index (χ4v) is 1.69. The summed E-state index contributed by atoms with van der Waals surface area (Å²) in [6.45, 7) is 3.49. The van der Waals surface area contributed by atoms with Gasteiger partial charge >= 0.3 is 5.97 Å². The number of nitrogens with one attached hydrogen (secondary N) is 1. The fraction of sp³-hybridized carbons (Fsp3) is 0.500. The standard InChI is InChI=1S/C8H12N2O2S2/c1-8(2,13)5(6(11)12)10-7-9-3-4-14-7/h3-5,13H,1-2H3,(H,9,10)(H,11,12). The van der Waals surface area contributed by atoms with E-state index in [1.165, 1.54) is 11.3 Å². The zero-order valence-electron chi connectivity index (χ0n) is 7.89. The van der Waals surface area contributed by atoms with Gasteiger partial charge in [0, 0.05) is 16.3 Å². The number of nitrogens with zero attached hydrogens (tertiary/aromatic N) is 1. The first-order valence-electron chi connectivity index (χ1n) is 4.02. The summed E-state index contributed by atoms with van der Waals surface area (Å²) < 4.78 is -0.641. The van der Waals surface area contributed by atoms with Crippen molar-refractivity contribution in [1.82, 2.24) is 4.98 Å². The number of rotatable bonds is 4. The number of carboxylic acids is 1. The van der Waals surface area contributed by atoms with Crippen LogP contribution in [0.1, 0.15) is 13.8 Å². The van der Waals surface area contributed by atoms with E-state index in [9.17, 15) is 4.79 Å². The summed E-state index contributed by atoms with van der Waals surface area (Å²) in [5.74, 6) is -0.930. The van der Waals surface area contributed by atoms with E-state index in [4.69, 9.17) is 5.11 Å². The van der Waals surface area contributed by atoms with E-state index in [1.807, 2.05) is 0 Å². The molecule has 0 saturated heterocycles. The van der Waals surface area contributed by atoms with Crippen LogP contribution in [-0.4, -0.2) is 26.8 Å². The lowest BCUT2D eigenvalue weighted by molar-refractivity contribution is -0.138. The molecule has 1 unspecified atom stereocenters. The smallest absolute Gasteiger partial charge is 0.327 e. The van der Waals surface area contributed by atoms with Crippen LogP contribution in [0.15, 0.2) is 11.6 Å². The topological polar surface area (TPSA) is 62.2 Å². The molecule has 0 aliphatic rings. The number of hydrogen-bond donors (Lipinski definition) is 3. The Morgan fingerprint density at radius 3 is 2.79 bits per heavy atom. The molecular formula is C8H12N2O2S2. The highest BCUT2D eigenvalue weighted by atomic mass is 32.1. The van der Waals surface area contributed by atoms with Crippen molar-refractivity contribution in [3.05, 3.63) is 11.6 Å². The molecule has 0 amide bonds. The SMILES string of the molecule is CC(C)(S)C(Nc1nccs1)C(=O)O. The molecule has 2 N–H and O–H groups in total. The Balaban J connectivity index is 2.76. The number of aromatic nitrogens is 1. The van der Waals surface area contributed by atoms with E-state index < -0.39 is 16.8 Å². The first-order valence-corrected chi connectivity index (χ1v) is 5.35. The molecule has 0 bridgehead atoms. The molecule has 78 valence electrons. The molecule has 0 saturated carbocycles. The molecule has 14 heavy (non-hydrogen) atoms. The van der Waals surface area contributed by atoms with Crippen molar-refractivity contribution in [2.75, 3.05) is 5.32 Å². The minimum Gasteiger partial charge on any atom is -0.480 e. The number of carbonyl (C=O) groups is 1. The average Bonchev–Trinajstić information content (AvgIpc) is 2.48. The van der Waals surface area contributed by atoms with Crippen LogP contribution in [0, 0.1) is 0 Å². The lowest BCUT2D eigenvalue weighted by atomic mass is 10.0. The fourth-order valence-electron chi connectivity index (χ4n) is 0.959. The average molecular weight is 232 g/mol. The van der Waals surface area contributed by atoms with Crippen molar-refractivity contribution in [1.29, 1.82) is 0 Å². The summed E-state index contributed by atoms with van der Waals surface area (Å²) in [6, 6.07) is -0.753. The summed E-state index contributed by atoms with van der Waals surface area (Å²) in [4.78, 5) is 14.9. The molecule has 1 rings (SSSR count). The summed E-state index contributed by atoms with van der Waals surface area (Å²) in [7, 11) is 0. The number of thiol groups is 1. The molecule has 0 aromatic carbocycles. The minimum atomic E-state index is -0.930. The molecule has 0 aliphatic heterocycles. The highest BCUT2D eigenvalue weighted by Crippen LogP contribution is 2.22. The second-order valence-electron chi connectivity index (χ2n) is 3.41. The highest BCUT2D eigenvalue weighted by molar-refractivity contribution is 7.81. The van der Waals surface area contributed by atoms with E-state index in [1.54, 1.807) is 25.4 Å². The third-order valence-electron chi connectivity index (χ3n) is 1.65. The zero-order chi connectivity index (χ0) is 10.8. The first-order chi connectivity index (χ1) is 6.41. The monoisotopic (exact) mass is 232 g/mol. The number of anilines is 1. The number of carboxylic acid groups (broad SMARTS) is 1. The molecule has 0 aliphatic carbocycles. The van der Waals surface area contributed by atoms with Crippen LogP contribution < -0.4 is 5.32 Å². The molecule has 1 aromatic rings. The van der Waals surface area contributed by atoms with Gasteiger partial charge in [-0.1, -0.05) is 0 Å². The summed E-state index contributed by atoms with van der Waals surface area (Å²) >= 11 is 5.60. The lowest BCUT2D eigenvalue weighted by Gasteiger charge is -2.26. The van der Waals surface area contributed by atoms with Gasteiger partial charge < -0.3 is 10.4 Å². The Kier molecular flexibility index (Phi) is 3.38. The Labute approximate surface area is 91.8 Å². The summed E-state index contributed by atoms with van der Waals surface area (Å²) in [6.07, 6.45) is 1.62. The van der Waals surface area contributed by atoms with Gasteiger partial charge in [0.2, 0.25) is 0 Å². The van der Waals surface area contributed by atoms with Crippen LogP contribution >= 0.6 is 24.0 Å². The van der Waals surface area contributed by atoms with Crippen LogP contribution in [-0.2, 0) is 4.79 Å². The molecule has 6 heteroatoms. The van der Waals surface area contributed by atoms with Gasteiger partial charge in [-0.2, -0.15) is 12.6 Å². The molecular weight excluding hydrogens is 220 g/mol. The predicted octanol–water partition coefficient (Wildman–Crippen LogP) is 1.72. The maximum absolute atomic E-state index is 10.9. The van der Waals surface area contributed by atoms with Crippen LogP contribution in [0.3, 0.4) is 0 Å². The lowest BCUT2D eigenvalue weighted by Crippen LogP contribution is -2.44. The second-order valence-corrected chi connectivity index (χ2v) is 5.45. The third-order valence-corrected chi connectivity index (χ3v) is 2.62. The van der Waals surface area contributed by atoms with Gasteiger partial charge in [-0.25, -0.2) is 9.78 Å². The quantitative estimate of drug-likeness (QED) is 0.692. The van der Waals surface area contributed by atoms with Crippen molar-refractivity contribution < 1.29 is 9.90 Å². The van der Waals surface area contributed by atoms with Crippen LogP contribution in [0.4, 0.5) is 5.13 Å². The van der Waals surface area contributed by atoms with Crippen molar-refractivity contribution >= 4 is 35.1 Å². The number of aliphatic carboxylic acids is 1. The van der Waals surface area contributed by atoms with Crippen LogP contribution in [0.5, 0.6) is 0 Å². The minimum absolute atomic E-state index is 0.597. The maximum Gasteiger partial charge on any atom is 0.327 e. The van der Waals surface area contributed by atoms with Crippen molar-refractivity contribution in [2.24, 2.45) is 0 Å². The molecule has 0 spiro atoms. The predicted molar refractivity (Wildman–Crippen MR) is 60.2 cm³/mol. The van der Waals surface area contributed by atoms with Gasteiger partial charge in [0.1, 0.15) is 6.04 Å². The van der Waals surface area contributed by atoms with E-state index in [2.05, 4.69) is 22.9 Å². The van der Waals surface area contributed by atoms with Gasteiger partial charge in [-0.15, -0.1) is 11.3 Å². The maximum atomic E-state index is 10.9. The molecule has 0 radical (unpaired) electrons. The van der Waals surface area contributed by atoms with Gasteiger partial charge in [-0.3, -0.25) is 0 Å². The van der Waals surface area contributed by atoms with E-state index in [0.717, 1.165) is 0 Å². The first kappa shape index (κ1) is 11.3. The molecule has 1 heterocycles. The molecule has 0 fully saturated rings. The highest BCUT2D eigenvalue weighted by Gasteiger charge is 2.32. The Morgan fingerprint density at radius 2 is 2.43 bits per heavy atom. The van der Waals surface area contributed by atoms with E-state index in [0.29, 0.717) is 5.13 Å². The summed E-state index contributed by atoms with van der Waals surface area (Å²) in [5, 5.41) is 14.2. The Bertz CT molecular complexity index is 306. The van der Waals surface area contributed by atoms with Crippen LogP contribution in [0.2, 0.25) is 0 Å². The van der Waals surface area contributed by atoms with E-state index >= 15 is 0 Å². The molecule has 1 atom stereocenters. The van der Waals surface area contributed by atoms with Crippen molar-refractivity contribution in [3.8, 4) is 0 Å². The number of thiazole rings is 1. The van der Waals surface area contributed by atoms with Gasteiger partial charge in [0.15, 0.2) is 5.13 Å². The Hall–Kier alpha value is -0.750. The second kappa shape index (κ2) is 4.18. The number of hydrogen-bond acceptors (Lipinski definition) is 5. The van der Waals surface area contributed by atoms with Gasteiger partial charge in [-0.05, 0) is 13.8 Å². The van der Waals surface area contributed by atoms with Gasteiger partial charge in [0.05, 0.1) is 0 Å².